The number of amides is 4. The topological polar surface area (TPSA) is 94.1 Å². The Kier molecular flexibility index (Phi) is 6.31. The van der Waals surface area contributed by atoms with Crippen LogP contribution in [0.4, 0.5) is 10.5 Å². The number of imide groups is 2. The Balaban J connectivity index is 1.65. The van der Waals surface area contributed by atoms with Crippen LogP contribution in [0.15, 0.2) is 29.3 Å². The number of urea groups is 1. The zero-order chi connectivity index (χ0) is 19.2. The van der Waals surface area contributed by atoms with Gasteiger partial charge in [-0.15, -0.1) is 0 Å². The molecule has 0 unspecified atom stereocenters. The van der Waals surface area contributed by atoms with E-state index < -0.39 is 23.8 Å². The predicted octanol–water partition coefficient (Wildman–Crippen LogP) is 0.424. The van der Waals surface area contributed by atoms with Gasteiger partial charge in [0.05, 0.1) is 12.2 Å². The molecule has 144 valence electrons. The van der Waals surface area contributed by atoms with Crippen molar-refractivity contribution in [1.29, 1.82) is 0 Å². The van der Waals surface area contributed by atoms with Gasteiger partial charge < -0.3 is 5.32 Å². The molecule has 2 aliphatic rings. The number of hydrogen-bond donors (Lipinski definition) is 2. The highest BCUT2D eigenvalue weighted by Crippen LogP contribution is 2.21. The molecule has 27 heavy (non-hydrogen) atoms. The summed E-state index contributed by atoms with van der Waals surface area (Å²) < 4.78 is 0. The van der Waals surface area contributed by atoms with Gasteiger partial charge in [0.25, 0.3) is 5.91 Å². The molecule has 1 aromatic carbocycles. The van der Waals surface area contributed by atoms with E-state index in [9.17, 15) is 14.4 Å². The number of nitrogens with one attached hydrogen (secondary N) is 2. The van der Waals surface area contributed by atoms with Crippen LogP contribution in [-0.4, -0.2) is 68.2 Å². The number of carbonyl (C=O) groups is 3. The van der Waals surface area contributed by atoms with E-state index in [0.29, 0.717) is 12.2 Å². The van der Waals surface area contributed by atoms with Gasteiger partial charge in [0.15, 0.2) is 5.92 Å². The summed E-state index contributed by atoms with van der Waals surface area (Å²) in [5.41, 5.74) is 1.55. The maximum Gasteiger partial charge on any atom is 0.335 e. The van der Waals surface area contributed by atoms with E-state index in [4.69, 9.17) is 0 Å². The van der Waals surface area contributed by atoms with Gasteiger partial charge in [-0.3, -0.25) is 24.8 Å². The first kappa shape index (κ1) is 19.2. The molecule has 2 heterocycles. The van der Waals surface area contributed by atoms with Crippen molar-refractivity contribution >= 4 is 29.7 Å². The van der Waals surface area contributed by atoms with E-state index in [1.807, 2.05) is 19.1 Å². The number of piperazine rings is 1. The van der Waals surface area contributed by atoms with Crippen LogP contribution in [0.25, 0.3) is 0 Å². The molecule has 2 aliphatic heterocycles. The van der Waals surface area contributed by atoms with E-state index in [-0.39, 0.29) is 0 Å². The van der Waals surface area contributed by atoms with E-state index >= 15 is 0 Å². The maximum absolute atomic E-state index is 12.7. The summed E-state index contributed by atoms with van der Waals surface area (Å²) in [4.78, 5) is 44.5. The molecule has 0 spiro atoms. The average Bonchev–Trinajstić information content (AvgIpc) is 2.68. The second kappa shape index (κ2) is 8.88. The van der Waals surface area contributed by atoms with Gasteiger partial charge in [0, 0.05) is 38.9 Å². The second-order valence-electron chi connectivity index (χ2n) is 6.61. The minimum Gasteiger partial charge on any atom is -0.314 e. The molecular weight excluding hydrogens is 346 g/mol. The molecule has 0 radical (unpaired) electrons. The highest BCUT2D eigenvalue weighted by Gasteiger charge is 2.40. The van der Waals surface area contributed by atoms with Crippen LogP contribution >= 0.6 is 0 Å². The molecule has 4 amide bonds. The monoisotopic (exact) mass is 371 g/mol. The van der Waals surface area contributed by atoms with Crippen molar-refractivity contribution in [2.24, 2.45) is 10.9 Å². The lowest BCUT2D eigenvalue weighted by molar-refractivity contribution is -0.131. The number of aryl methyl sites for hydroxylation is 1. The lowest BCUT2D eigenvalue weighted by Gasteiger charge is -2.28. The van der Waals surface area contributed by atoms with Crippen molar-refractivity contribution in [3.8, 4) is 0 Å². The fourth-order valence-electron chi connectivity index (χ4n) is 3.16. The molecule has 1 aromatic rings. The Hall–Kier alpha value is -2.58. The lowest BCUT2D eigenvalue weighted by Crippen LogP contribution is -2.58. The molecule has 8 heteroatoms. The lowest BCUT2D eigenvalue weighted by atomic mass is 10.1. The number of hydrogen-bond acceptors (Lipinski definition) is 6. The van der Waals surface area contributed by atoms with Crippen molar-refractivity contribution < 1.29 is 14.4 Å². The molecule has 0 aliphatic carbocycles. The normalized spacial score (nSPS) is 21.7. The third kappa shape index (κ3) is 4.58. The van der Waals surface area contributed by atoms with Gasteiger partial charge in [-0.1, -0.05) is 19.1 Å². The van der Waals surface area contributed by atoms with Crippen LogP contribution < -0.4 is 15.5 Å². The number of benzene rings is 1. The van der Waals surface area contributed by atoms with Crippen LogP contribution in [0, 0.1) is 5.92 Å². The van der Waals surface area contributed by atoms with Gasteiger partial charge in [-0.2, -0.15) is 0 Å². The average molecular weight is 371 g/mol. The Bertz CT molecular complexity index is 725. The third-order valence-electron chi connectivity index (χ3n) is 4.81. The number of barbiturate groups is 1. The molecule has 3 rings (SSSR count). The Morgan fingerprint density at radius 3 is 2.52 bits per heavy atom. The van der Waals surface area contributed by atoms with E-state index in [1.54, 1.807) is 12.1 Å². The van der Waals surface area contributed by atoms with Gasteiger partial charge in [0.1, 0.15) is 0 Å². The second-order valence-corrected chi connectivity index (χ2v) is 6.61. The summed E-state index contributed by atoms with van der Waals surface area (Å²) >= 11 is 0. The standard InChI is InChI=1S/C19H25N5O3/c1-2-14-3-5-15(6-4-14)24-18(26)16(17(25)22-19(24)27)13-21-9-12-23-10-7-20-8-11-23/h3-6,13,16,20H,2,7-12H2,1H3,(H,22,25,27)/t16-/m0/s1. The van der Waals surface area contributed by atoms with Crippen LogP contribution in [0.1, 0.15) is 12.5 Å². The van der Waals surface area contributed by atoms with Gasteiger partial charge in [-0.25, -0.2) is 9.69 Å². The Morgan fingerprint density at radius 1 is 1.15 bits per heavy atom. The fraction of sp³-hybridized carbons (Fsp3) is 0.474. The van der Waals surface area contributed by atoms with Crippen molar-refractivity contribution in [3.63, 3.8) is 0 Å². The van der Waals surface area contributed by atoms with Crippen LogP contribution in [-0.2, 0) is 16.0 Å². The summed E-state index contributed by atoms with van der Waals surface area (Å²) in [6.45, 7) is 7.17. The summed E-state index contributed by atoms with van der Waals surface area (Å²) in [5.74, 6) is -2.28. The Morgan fingerprint density at radius 2 is 1.85 bits per heavy atom. The Labute approximate surface area is 158 Å². The van der Waals surface area contributed by atoms with Crippen molar-refractivity contribution in [1.82, 2.24) is 15.5 Å². The molecular formula is C19H25N5O3. The molecule has 0 aromatic heterocycles. The molecule has 0 saturated carbocycles. The number of aliphatic imine (C=N–C) groups is 1. The summed E-state index contributed by atoms with van der Waals surface area (Å²) in [6.07, 6.45) is 2.22. The quantitative estimate of drug-likeness (QED) is 0.558. The first-order valence-corrected chi connectivity index (χ1v) is 9.31. The highest BCUT2D eigenvalue weighted by atomic mass is 16.2. The van der Waals surface area contributed by atoms with E-state index in [2.05, 4.69) is 20.5 Å². The molecule has 2 fully saturated rings. The van der Waals surface area contributed by atoms with Gasteiger partial charge in [-0.05, 0) is 24.1 Å². The summed E-state index contributed by atoms with van der Waals surface area (Å²) in [7, 11) is 0. The fourth-order valence-corrected chi connectivity index (χ4v) is 3.16. The van der Waals surface area contributed by atoms with E-state index in [1.165, 1.54) is 6.21 Å². The molecule has 8 nitrogen and oxygen atoms in total. The predicted molar refractivity (Wildman–Crippen MR) is 103 cm³/mol. The number of anilines is 1. The molecule has 2 N–H and O–H groups in total. The maximum atomic E-state index is 12.7. The summed E-state index contributed by atoms with van der Waals surface area (Å²) in [5, 5.41) is 5.53. The van der Waals surface area contributed by atoms with E-state index in [0.717, 1.165) is 49.6 Å². The number of rotatable bonds is 6. The first-order chi connectivity index (χ1) is 13.1. The number of nitrogens with zero attached hydrogens (tertiary/aromatic N) is 3. The minimum absolute atomic E-state index is 0.446. The third-order valence-corrected chi connectivity index (χ3v) is 4.81. The van der Waals surface area contributed by atoms with Gasteiger partial charge >= 0.3 is 6.03 Å². The van der Waals surface area contributed by atoms with Crippen molar-refractivity contribution in [2.45, 2.75) is 13.3 Å². The molecule has 0 bridgehead atoms. The summed E-state index contributed by atoms with van der Waals surface area (Å²) in [6, 6.07) is 6.43. The molecule has 1 atom stereocenters. The van der Waals surface area contributed by atoms with Gasteiger partial charge in [0.2, 0.25) is 5.91 Å². The zero-order valence-corrected chi connectivity index (χ0v) is 15.5. The minimum atomic E-state index is -1.09. The van der Waals surface area contributed by atoms with Crippen LogP contribution in [0.2, 0.25) is 0 Å². The largest absolute Gasteiger partial charge is 0.335 e. The van der Waals surface area contributed by atoms with Crippen LogP contribution in [0.3, 0.4) is 0 Å². The van der Waals surface area contributed by atoms with Crippen molar-refractivity contribution in [2.75, 3.05) is 44.2 Å². The van der Waals surface area contributed by atoms with Crippen molar-refractivity contribution in [3.05, 3.63) is 29.8 Å². The zero-order valence-electron chi connectivity index (χ0n) is 15.5. The molecule has 2 saturated heterocycles. The number of carbonyl (C=O) groups excluding carboxylic acids is 3. The highest BCUT2D eigenvalue weighted by molar-refractivity contribution is 6.32. The SMILES string of the molecule is CCc1ccc(N2C(=O)NC(=O)[C@H](C=NCCN3CCNCC3)C2=O)cc1. The smallest absolute Gasteiger partial charge is 0.314 e. The van der Waals surface area contributed by atoms with Crippen LogP contribution in [0.5, 0.6) is 0 Å². The first-order valence-electron chi connectivity index (χ1n) is 9.31.